The molecule has 0 fully saturated rings. The second-order valence-electron chi connectivity index (χ2n) is 5.00. The molecule has 1 aromatic heterocycles. The van der Waals surface area contributed by atoms with E-state index in [-0.39, 0.29) is 6.42 Å². The first kappa shape index (κ1) is 18.9. The maximum atomic E-state index is 12.5. The van der Waals surface area contributed by atoms with Crippen LogP contribution in [0.5, 0.6) is 0 Å². The summed E-state index contributed by atoms with van der Waals surface area (Å²) in [5, 5.41) is 0. The summed E-state index contributed by atoms with van der Waals surface area (Å²) in [6, 6.07) is 1.75. The number of carbonyl (C=O) groups is 1. The van der Waals surface area contributed by atoms with Gasteiger partial charge in [0.15, 0.2) is 0 Å². The molecule has 8 nitrogen and oxygen atoms in total. The van der Waals surface area contributed by atoms with Crippen molar-refractivity contribution < 1.29 is 26.4 Å². The number of nitrogens with two attached hydrogens (primary N) is 1. The molecule has 0 radical (unpaired) electrons. The van der Waals surface area contributed by atoms with Gasteiger partial charge in [0.05, 0.1) is 22.8 Å². The topological polar surface area (TPSA) is 130 Å². The van der Waals surface area contributed by atoms with Gasteiger partial charge in [-0.1, -0.05) is 0 Å². The number of rotatable bonds is 6. The van der Waals surface area contributed by atoms with Gasteiger partial charge in [0, 0.05) is 18.3 Å². The highest BCUT2D eigenvalue weighted by Gasteiger charge is 2.30. The van der Waals surface area contributed by atoms with Gasteiger partial charge in [-0.2, -0.15) is 13.2 Å². The number of sulfonamides is 1. The van der Waals surface area contributed by atoms with Crippen LogP contribution >= 0.6 is 0 Å². The zero-order chi connectivity index (χ0) is 18.7. The van der Waals surface area contributed by atoms with Crippen molar-refractivity contribution in [3.63, 3.8) is 0 Å². The molecular formula is C13H14F3N5O3S. The Kier molecular flexibility index (Phi) is 5.45. The van der Waals surface area contributed by atoms with Gasteiger partial charge in [0.25, 0.3) is 15.9 Å². The number of halogens is 3. The number of aromatic nitrogens is 2. The van der Waals surface area contributed by atoms with E-state index in [9.17, 15) is 26.4 Å². The first-order valence-electron chi connectivity index (χ1n) is 6.81. The number of imidazole rings is 1. The summed E-state index contributed by atoms with van der Waals surface area (Å²) in [5.41, 5.74) is 7.13. The molecule has 2 aromatic rings. The highest BCUT2D eigenvalue weighted by molar-refractivity contribution is 7.89. The van der Waals surface area contributed by atoms with E-state index < -0.39 is 38.6 Å². The van der Waals surface area contributed by atoms with Crippen molar-refractivity contribution >= 4 is 15.9 Å². The lowest BCUT2D eigenvalue weighted by atomic mass is 10.2. The number of alkyl halides is 3. The molecule has 0 aliphatic heterocycles. The van der Waals surface area contributed by atoms with Crippen LogP contribution in [0, 0.1) is 0 Å². The van der Waals surface area contributed by atoms with Crippen LogP contribution in [0.1, 0.15) is 11.3 Å². The summed E-state index contributed by atoms with van der Waals surface area (Å²) in [6.07, 6.45) is -1.63. The first-order chi connectivity index (χ1) is 11.6. The fourth-order valence-electron chi connectivity index (χ4n) is 1.82. The summed E-state index contributed by atoms with van der Waals surface area (Å²) in [4.78, 5) is 19.6. The Morgan fingerprint density at radius 1 is 1.28 bits per heavy atom. The molecule has 1 atom stereocenters. The van der Waals surface area contributed by atoms with Crippen LogP contribution in [-0.4, -0.2) is 30.3 Å². The number of nitrogens with zero attached hydrogens (tertiary/aromatic N) is 1. The molecule has 0 saturated carbocycles. The van der Waals surface area contributed by atoms with Crippen LogP contribution in [0.15, 0.2) is 41.7 Å². The Morgan fingerprint density at radius 2 is 1.92 bits per heavy atom. The van der Waals surface area contributed by atoms with Gasteiger partial charge in [0.1, 0.15) is 0 Å². The molecule has 1 heterocycles. The van der Waals surface area contributed by atoms with Crippen molar-refractivity contribution in [2.45, 2.75) is 23.5 Å². The highest BCUT2D eigenvalue weighted by atomic mass is 32.2. The maximum absolute atomic E-state index is 12.5. The molecule has 2 rings (SSSR count). The fourth-order valence-corrected chi connectivity index (χ4v) is 2.67. The number of aromatic amines is 1. The SMILES string of the molecule is N[C@@H](Cc1cnc[nH]1)C(=O)NNS(=O)(=O)c1ccc(C(F)(F)F)cc1. The number of hydrazine groups is 1. The molecule has 1 aromatic carbocycles. The van der Waals surface area contributed by atoms with Crippen LogP contribution < -0.4 is 16.0 Å². The second kappa shape index (κ2) is 7.21. The van der Waals surface area contributed by atoms with E-state index in [1.54, 1.807) is 4.83 Å². The normalized spacial score (nSPS) is 13.4. The average molecular weight is 377 g/mol. The van der Waals surface area contributed by atoms with Crippen molar-refractivity contribution in [2.75, 3.05) is 0 Å². The van der Waals surface area contributed by atoms with Gasteiger partial charge in [-0.25, -0.2) is 13.4 Å². The molecule has 5 N–H and O–H groups in total. The molecule has 12 heteroatoms. The minimum absolute atomic E-state index is 0.0911. The van der Waals surface area contributed by atoms with E-state index in [1.165, 1.54) is 12.5 Å². The first-order valence-corrected chi connectivity index (χ1v) is 8.29. The van der Waals surface area contributed by atoms with E-state index in [1.807, 2.05) is 5.43 Å². The maximum Gasteiger partial charge on any atom is 0.416 e. The van der Waals surface area contributed by atoms with E-state index >= 15 is 0 Å². The third kappa shape index (κ3) is 5.01. The minimum atomic E-state index is -4.58. The van der Waals surface area contributed by atoms with Crippen molar-refractivity contribution in [1.82, 2.24) is 20.2 Å². The molecule has 0 aliphatic carbocycles. The predicted octanol–water partition coefficient (Wildman–Crippen LogP) is 0.308. The van der Waals surface area contributed by atoms with E-state index in [0.717, 1.165) is 12.1 Å². The van der Waals surface area contributed by atoms with E-state index in [4.69, 9.17) is 5.73 Å². The molecule has 136 valence electrons. The summed E-state index contributed by atoms with van der Waals surface area (Å²) < 4.78 is 61.4. The quantitative estimate of drug-likeness (QED) is 0.538. The number of carbonyl (C=O) groups excluding carboxylic acids is 1. The Morgan fingerprint density at radius 3 is 2.44 bits per heavy atom. The zero-order valence-corrected chi connectivity index (χ0v) is 13.4. The monoisotopic (exact) mass is 377 g/mol. The van der Waals surface area contributed by atoms with Crippen LogP contribution in [0.3, 0.4) is 0 Å². The third-order valence-corrected chi connectivity index (χ3v) is 4.40. The van der Waals surface area contributed by atoms with Crippen molar-refractivity contribution in [2.24, 2.45) is 5.73 Å². The predicted molar refractivity (Wildman–Crippen MR) is 80.2 cm³/mol. The largest absolute Gasteiger partial charge is 0.416 e. The number of hydrogen-bond acceptors (Lipinski definition) is 5. The second-order valence-corrected chi connectivity index (χ2v) is 6.69. The molecule has 0 aliphatic rings. The zero-order valence-electron chi connectivity index (χ0n) is 12.5. The van der Waals surface area contributed by atoms with Gasteiger partial charge < -0.3 is 10.7 Å². The third-order valence-electron chi connectivity index (χ3n) is 3.13. The number of H-pyrrole nitrogens is 1. The standard InChI is InChI=1S/C13H14F3N5O3S/c14-13(15,16)8-1-3-10(4-2-8)25(23,24)21-20-12(22)11(17)5-9-6-18-7-19-9/h1-4,6-7,11,21H,5,17H2,(H,18,19)(H,20,22)/t11-/m0/s1. The summed E-state index contributed by atoms with van der Waals surface area (Å²) in [7, 11) is -4.24. The Labute approximate surface area is 140 Å². The Hall–Kier alpha value is -2.44. The molecule has 25 heavy (non-hydrogen) atoms. The van der Waals surface area contributed by atoms with Gasteiger partial charge in [0.2, 0.25) is 0 Å². The van der Waals surface area contributed by atoms with E-state index in [0.29, 0.717) is 17.8 Å². The van der Waals surface area contributed by atoms with Gasteiger partial charge >= 0.3 is 6.18 Å². The van der Waals surface area contributed by atoms with Gasteiger partial charge in [-0.15, -0.1) is 4.83 Å². The number of nitrogens with one attached hydrogen (secondary N) is 3. The number of amides is 1. The fraction of sp³-hybridized carbons (Fsp3) is 0.231. The van der Waals surface area contributed by atoms with Crippen molar-refractivity contribution in [3.8, 4) is 0 Å². The van der Waals surface area contributed by atoms with Crippen LogP contribution in [0.2, 0.25) is 0 Å². The summed E-state index contributed by atoms with van der Waals surface area (Å²) >= 11 is 0. The lowest BCUT2D eigenvalue weighted by Gasteiger charge is -2.13. The highest BCUT2D eigenvalue weighted by Crippen LogP contribution is 2.29. The van der Waals surface area contributed by atoms with Crippen LogP contribution in [0.4, 0.5) is 13.2 Å². The lowest BCUT2D eigenvalue weighted by Crippen LogP contribution is -2.49. The minimum Gasteiger partial charge on any atom is -0.348 e. The van der Waals surface area contributed by atoms with Gasteiger partial charge in [-0.05, 0) is 24.3 Å². The molecule has 0 saturated heterocycles. The Balaban J connectivity index is 1.97. The van der Waals surface area contributed by atoms with Crippen molar-refractivity contribution in [3.05, 3.63) is 48.0 Å². The van der Waals surface area contributed by atoms with Crippen LogP contribution in [0.25, 0.3) is 0 Å². The van der Waals surface area contributed by atoms with Crippen LogP contribution in [-0.2, 0) is 27.4 Å². The average Bonchev–Trinajstić information content (AvgIpc) is 3.05. The molecule has 0 unspecified atom stereocenters. The summed E-state index contributed by atoms with van der Waals surface area (Å²) in [6.45, 7) is 0. The molecule has 1 amide bonds. The smallest absolute Gasteiger partial charge is 0.348 e. The molecular weight excluding hydrogens is 363 g/mol. The Bertz CT molecular complexity index is 820. The number of hydrogen-bond donors (Lipinski definition) is 4. The molecule has 0 spiro atoms. The summed E-state index contributed by atoms with van der Waals surface area (Å²) in [5.74, 6) is -0.815. The van der Waals surface area contributed by atoms with E-state index in [2.05, 4.69) is 9.97 Å². The number of benzene rings is 1. The van der Waals surface area contributed by atoms with Gasteiger partial charge in [-0.3, -0.25) is 10.2 Å². The van der Waals surface area contributed by atoms with Crippen molar-refractivity contribution in [1.29, 1.82) is 0 Å². The lowest BCUT2D eigenvalue weighted by molar-refractivity contribution is -0.137. The molecule has 0 bridgehead atoms.